The van der Waals surface area contributed by atoms with Crippen LogP contribution in [0, 0.1) is 5.92 Å². The van der Waals surface area contributed by atoms with Crippen molar-refractivity contribution in [1.29, 1.82) is 0 Å². The van der Waals surface area contributed by atoms with Gasteiger partial charge in [-0.3, -0.25) is 14.4 Å². The van der Waals surface area contributed by atoms with E-state index in [0.29, 0.717) is 22.6 Å². The molecule has 3 aliphatic rings. The van der Waals surface area contributed by atoms with Crippen LogP contribution in [0.1, 0.15) is 38.7 Å². The van der Waals surface area contributed by atoms with E-state index in [9.17, 15) is 4.79 Å². The summed E-state index contributed by atoms with van der Waals surface area (Å²) in [5.41, 5.74) is 3.37. The number of esters is 1. The molecule has 1 N–H and O–H groups in total. The van der Waals surface area contributed by atoms with Crippen molar-refractivity contribution < 1.29 is 23.9 Å². The molecule has 5 aromatic rings. The first-order valence-electron chi connectivity index (χ1n) is 16.0. The number of anilines is 2. The monoisotopic (exact) mass is 632 g/mol. The van der Waals surface area contributed by atoms with Crippen molar-refractivity contribution in [3.05, 3.63) is 167 Å². The molecule has 4 atom stereocenters. The Kier molecular flexibility index (Phi) is 7.17. The van der Waals surface area contributed by atoms with E-state index in [1.54, 1.807) is 31.4 Å². The molecule has 0 aromatic heterocycles. The third-order valence-corrected chi connectivity index (χ3v) is 9.86. The van der Waals surface area contributed by atoms with Crippen molar-refractivity contribution in [2.24, 2.45) is 5.92 Å². The van der Waals surface area contributed by atoms with Crippen LogP contribution < -0.4 is 15.0 Å². The average molecular weight is 633 g/mol. The first-order chi connectivity index (χ1) is 23.5. The summed E-state index contributed by atoms with van der Waals surface area (Å²) in [5, 5.41) is 3.07. The number of nitrogens with zero attached hydrogens (tertiary/aromatic N) is 1. The van der Waals surface area contributed by atoms with Gasteiger partial charge in [-0.25, -0.2) is 0 Å². The van der Waals surface area contributed by atoms with Crippen LogP contribution in [0.3, 0.4) is 0 Å². The molecule has 0 unspecified atom stereocenters. The summed E-state index contributed by atoms with van der Waals surface area (Å²) in [6.45, 7) is 0. The zero-order valence-electron chi connectivity index (χ0n) is 26.2. The maximum atomic E-state index is 15.2. The van der Waals surface area contributed by atoms with Crippen LogP contribution in [0.5, 0.6) is 5.75 Å². The standard InChI is InChI=1S/C41H32N2O5/c1-47-30-19-12-18-29(25-30)37(44)36-35(39(45)48-38(27-14-4-2-5-15-27)28-16-6-3-7-17-28)41(31-20-9-10-21-32(31)42-40(41)46)34-24-23-26-13-8-11-22-33(26)43(34)36/h2-25,34-36,38H,1H3,(H,42,46)/t34-,35+,36-,41+/m0/s1. The van der Waals surface area contributed by atoms with Gasteiger partial charge in [0.1, 0.15) is 23.1 Å². The molecule has 236 valence electrons. The van der Waals surface area contributed by atoms with E-state index in [-0.39, 0.29) is 11.7 Å². The maximum Gasteiger partial charge on any atom is 0.314 e. The summed E-state index contributed by atoms with van der Waals surface area (Å²) in [6.07, 6.45) is 3.16. The van der Waals surface area contributed by atoms with Crippen molar-refractivity contribution >= 4 is 35.1 Å². The van der Waals surface area contributed by atoms with Gasteiger partial charge in [-0.1, -0.05) is 121 Å². The van der Waals surface area contributed by atoms with Crippen LogP contribution in [0.15, 0.2) is 140 Å². The first kappa shape index (κ1) is 29.5. The molecule has 1 spiro atoms. The predicted octanol–water partition coefficient (Wildman–Crippen LogP) is 7.00. The summed E-state index contributed by atoms with van der Waals surface area (Å²) >= 11 is 0. The van der Waals surface area contributed by atoms with Crippen LogP contribution in [0.4, 0.5) is 11.4 Å². The lowest BCUT2D eigenvalue weighted by Crippen LogP contribution is -2.51. The highest BCUT2D eigenvalue weighted by atomic mass is 16.5. The number of carbonyl (C=O) groups excluding carboxylic acids is 3. The lowest BCUT2D eigenvalue weighted by atomic mass is 9.66. The smallest absolute Gasteiger partial charge is 0.314 e. The molecular weight excluding hydrogens is 600 g/mol. The molecular formula is C41H32N2O5. The summed E-state index contributed by atoms with van der Waals surface area (Å²) in [7, 11) is 1.54. The molecule has 0 saturated carbocycles. The predicted molar refractivity (Wildman–Crippen MR) is 184 cm³/mol. The minimum absolute atomic E-state index is 0.309. The largest absolute Gasteiger partial charge is 0.497 e. The number of ketones is 1. The Balaban J connectivity index is 1.36. The lowest BCUT2D eigenvalue weighted by molar-refractivity contribution is -0.156. The molecule has 5 aromatic carbocycles. The van der Waals surface area contributed by atoms with Gasteiger partial charge in [0.25, 0.3) is 0 Å². The SMILES string of the molecule is COc1cccc(C(=O)[C@@H]2[C@H](C(=O)OC(c3ccccc3)c3ccccc3)[C@]3(C(=O)Nc4ccccc43)[C@@H]3C=Cc4ccccc4N23)c1. The van der Waals surface area contributed by atoms with E-state index in [0.717, 1.165) is 22.4 Å². The van der Waals surface area contributed by atoms with Gasteiger partial charge in [-0.2, -0.15) is 0 Å². The lowest BCUT2D eigenvalue weighted by Gasteiger charge is -2.37. The molecule has 1 amide bonds. The molecule has 48 heavy (non-hydrogen) atoms. The number of amides is 1. The number of ether oxygens (including phenoxy) is 2. The molecule has 7 nitrogen and oxygen atoms in total. The van der Waals surface area contributed by atoms with Crippen LogP contribution in [0.25, 0.3) is 6.08 Å². The van der Waals surface area contributed by atoms with Crippen LogP contribution in [-0.4, -0.2) is 36.9 Å². The van der Waals surface area contributed by atoms with Crippen molar-refractivity contribution in [2.45, 2.75) is 23.6 Å². The fourth-order valence-electron chi connectivity index (χ4n) is 7.81. The van der Waals surface area contributed by atoms with E-state index in [1.165, 1.54) is 0 Å². The maximum absolute atomic E-state index is 15.2. The average Bonchev–Trinajstić information content (AvgIpc) is 3.63. The van der Waals surface area contributed by atoms with Gasteiger partial charge in [0.15, 0.2) is 11.9 Å². The topological polar surface area (TPSA) is 84.9 Å². The number of Topliss-reactive ketones (excluding diaryl/α,β-unsaturated/α-hetero) is 1. The molecule has 0 bridgehead atoms. The van der Waals surface area contributed by atoms with E-state index >= 15 is 9.59 Å². The minimum Gasteiger partial charge on any atom is -0.497 e. The number of methoxy groups -OCH3 is 1. The van der Waals surface area contributed by atoms with Crippen LogP contribution in [-0.2, 0) is 19.7 Å². The quantitative estimate of drug-likeness (QED) is 0.154. The van der Waals surface area contributed by atoms with Crippen molar-refractivity contribution in [3.8, 4) is 5.75 Å². The molecule has 0 radical (unpaired) electrons. The second-order valence-electron chi connectivity index (χ2n) is 12.3. The number of hydrogen-bond donors (Lipinski definition) is 1. The van der Waals surface area contributed by atoms with Gasteiger partial charge in [-0.15, -0.1) is 0 Å². The highest BCUT2D eigenvalue weighted by Gasteiger charge is 2.71. The van der Waals surface area contributed by atoms with Gasteiger partial charge >= 0.3 is 5.97 Å². The fraction of sp³-hybridized carbons (Fsp3) is 0.146. The summed E-state index contributed by atoms with van der Waals surface area (Å²) in [6, 6.07) is 39.4. The molecule has 3 aliphatic heterocycles. The van der Waals surface area contributed by atoms with Gasteiger partial charge in [0.05, 0.1) is 13.2 Å². The van der Waals surface area contributed by atoms with E-state index in [4.69, 9.17) is 9.47 Å². The number of rotatable bonds is 7. The Morgan fingerprint density at radius 2 is 1.46 bits per heavy atom. The Bertz CT molecular complexity index is 2040. The third-order valence-electron chi connectivity index (χ3n) is 9.86. The summed E-state index contributed by atoms with van der Waals surface area (Å²) in [5.74, 6) is -2.01. The van der Waals surface area contributed by atoms with Gasteiger partial charge in [-0.05, 0) is 46.5 Å². The summed E-state index contributed by atoms with van der Waals surface area (Å²) < 4.78 is 12.0. The second-order valence-corrected chi connectivity index (χ2v) is 12.3. The molecule has 3 heterocycles. The van der Waals surface area contributed by atoms with Crippen LogP contribution >= 0.6 is 0 Å². The highest BCUT2D eigenvalue weighted by Crippen LogP contribution is 2.58. The first-order valence-corrected chi connectivity index (χ1v) is 16.0. The Hall–Kier alpha value is -5.95. The molecule has 0 aliphatic carbocycles. The number of carbonyl (C=O) groups is 3. The minimum atomic E-state index is -1.48. The number of fused-ring (bicyclic) bond motifs is 6. The number of nitrogens with one attached hydrogen (secondary N) is 1. The van der Waals surface area contributed by atoms with Gasteiger partial charge in [0, 0.05) is 16.9 Å². The fourth-order valence-corrected chi connectivity index (χ4v) is 7.81. The van der Waals surface area contributed by atoms with Crippen LogP contribution in [0.2, 0.25) is 0 Å². The molecule has 1 saturated heterocycles. The molecule has 8 rings (SSSR count). The Morgan fingerprint density at radius 1 is 0.792 bits per heavy atom. The summed E-state index contributed by atoms with van der Waals surface area (Å²) in [4.78, 5) is 46.9. The zero-order valence-corrected chi connectivity index (χ0v) is 26.2. The zero-order chi connectivity index (χ0) is 32.8. The van der Waals surface area contributed by atoms with Gasteiger partial charge < -0.3 is 19.7 Å². The van der Waals surface area contributed by atoms with E-state index < -0.39 is 35.5 Å². The Labute approximate surface area is 278 Å². The van der Waals surface area contributed by atoms with Gasteiger partial charge in [0.2, 0.25) is 5.91 Å². The number of hydrogen-bond acceptors (Lipinski definition) is 6. The molecule has 1 fully saturated rings. The molecule has 7 heteroatoms. The number of benzene rings is 5. The van der Waals surface area contributed by atoms with Crippen molar-refractivity contribution in [1.82, 2.24) is 0 Å². The highest BCUT2D eigenvalue weighted by molar-refractivity contribution is 6.15. The van der Waals surface area contributed by atoms with E-state index in [2.05, 4.69) is 5.32 Å². The number of para-hydroxylation sites is 2. The Morgan fingerprint density at radius 3 is 2.19 bits per heavy atom. The van der Waals surface area contributed by atoms with Crippen molar-refractivity contribution in [2.75, 3.05) is 17.3 Å². The van der Waals surface area contributed by atoms with E-state index in [1.807, 2.05) is 126 Å². The normalized spacial score (nSPS) is 21.8. The van der Waals surface area contributed by atoms with Crippen molar-refractivity contribution in [3.63, 3.8) is 0 Å². The second kappa shape index (κ2) is 11.7. The third kappa shape index (κ3) is 4.46.